The van der Waals surface area contributed by atoms with Crippen LogP contribution in [0, 0.1) is 6.92 Å². The van der Waals surface area contributed by atoms with Gasteiger partial charge in [0.15, 0.2) is 0 Å². The number of hydrogen-bond acceptors (Lipinski definition) is 3. The van der Waals surface area contributed by atoms with E-state index in [0.29, 0.717) is 18.0 Å². The molecular formula is C17H19ClN2O2. The maximum absolute atomic E-state index is 11.9. The summed E-state index contributed by atoms with van der Waals surface area (Å²) < 4.78 is 5.10. The highest BCUT2D eigenvalue weighted by Gasteiger charge is 2.05. The molecule has 0 atom stereocenters. The minimum atomic E-state index is -0.0357. The van der Waals surface area contributed by atoms with Crippen molar-refractivity contribution in [2.45, 2.75) is 13.3 Å². The molecule has 0 aromatic heterocycles. The molecule has 4 nitrogen and oxygen atoms in total. The van der Waals surface area contributed by atoms with Gasteiger partial charge in [-0.15, -0.1) is 0 Å². The molecule has 0 fully saturated rings. The first kappa shape index (κ1) is 16.2. The number of carbonyl (C=O) groups is 1. The summed E-state index contributed by atoms with van der Waals surface area (Å²) in [5.41, 5.74) is 2.69. The molecule has 0 heterocycles. The van der Waals surface area contributed by atoms with Gasteiger partial charge in [0, 0.05) is 29.4 Å². The summed E-state index contributed by atoms with van der Waals surface area (Å²) in [4.78, 5) is 11.9. The number of rotatable bonds is 6. The van der Waals surface area contributed by atoms with Crippen molar-refractivity contribution in [3.05, 3.63) is 53.1 Å². The second-order valence-corrected chi connectivity index (χ2v) is 5.35. The zero-order valence-electron chi connectivity index (χ0n) is 12.7. The Morgan fingerprint density at radius 3 is 2.55 bits per heavy atom. The van der Waals surface area contributed by atoms with Gasteiger partial charge in [-0.05, 0) is 55.0 Å². The Labute approximate surface area is 135 Å². The van der Waals surface area contributed by atoms with Crippen molar-refractivity contribution in [3.63, 3.8) is 0 Å². The Kier molecular flexibility index (Phi) is 5.67. The summed E-state index contributed by atoms with van der Waals surface area (Å²) in [6.45, 7) is 2.47. The largest absolute Gasteiger partial charge is 0.497 e. The van der Waals surface area contributed by atoms with Gasteiger partial charge < -0.3 is 15.4 Å². The van der Waals surface area contributed by atoms with Gasteiger partial charge in [0.2, 0.25) is 5.91 Å². The van der Waals surface area contributed by atoms with Crippen molar-refractivity contribution in [1.82, 2.24) is 0 Å². The number of benzene rings is 2. The van der Waals surface area contributed by atoms with Crippen LogP contribution in [0.2, 0.25) is 5.02 Å². The molecule has 1 amide bonds. The molecule has 0 saturated heterocycles. The number of aryl methyl sites for hydroxylation is 1. The lowest BCUT2D eigenvalue weighted by Gasteiger charge is -2.10. The van der Waals surface area contributed by atoms with Crippen molar-refractivity contribution < 1.29 is 9.53 Å². The van der Waals surface area contributed by atoms with E-state index in [-0.39, 0.29) is 5.91 Å². The molecule has 2 rings (SSSR count). The fourth-order valence-corrected chi connectivity index (χ4v) is 2.24. The quantitative estimate of drug-likeness (QED) is 0.843. The number of ether oxygens (including phenoxy) is 1. The fraction of sp³-hybridized carbons (Fsp3) is 0.235. The maximum Gasteiger partial charge on any atom is 0.226 e. The second-order valence-electron chi connectivity index (χ2n) is 4.91. The van der Waals surface area contributed by atoms with Crippen molar-refractivity contribution in [3.8, 4) is 5.75 Å². The standard InChI is InChI=1S/C17H19ClN2O2/c1-12-11-13(18)3-8-16(12)20-17(21)9-10-19-14-4-6-15(22-2)7-5-14/h3-8,11,19H,9-10H2,1-2H3,(H,20,21). The monoisotopic (exact) mass is 318 g/mol. The highest BCUT2D eigenvalue weighted by molar-refractivity contribution is 6.30. The van der Waals surface area contributed by atoms with Crippen LogP contribution in [0.25, 0.3) is 0 Å². The van der Waals surface area contributed by atoms with Crippen LogP contribution >= 0.6 is 11.6 Å². The minimum Gasteiger partial charge on any atom is -0.497 e. The van der Waals surface area contributed by atoms with Crippen molar-refractivity contribution in [2.24, 2.45) is 0 Å². The van der Waals surface area contributed by atoms with Crippen molar-refractivity contribution in [1.29, 1.82) is 0 Å². The second kappa shape index (κ2) is 7.71. The summed E-state index contributed by atoms with van der Waals surface area (Å²) in [6, 6.07) is 13.0. The average Bonchev–Trinajstić information content (AvgIpc) is 2.51. The fourth-order valence-electron chi connectivity index (χ4n) is 2.01. The smallest absolute Gasteiger partial charge is 0.226 e. The van der Waals surface area contributed by atoms with Gasteiger partial charge >= 0.3 is 0 Å². The van der Waals surface area contributed by atoms with E-state index in [2.05, 4.69) is 10.6 Å². The highest BCUT2D eigenvalue weighted by Crippen LogP contribution is 2.19. The molecule has 2 aromatic rings. The van der Waals surface area contributed by atoms with Crippen LogP contribution in [0.4, 0.5) is 11.4 Å². The van der Waals surface area contributed by atoms with E-state index in [1.807, 2.05) is 43.3 Å². The summed E-state index contributed by atoms with van der Waals surface area (Å²) in [5, 5.41) is 6.75. The zero-order chi connectivity index (χ0) is 15.9. The van der Waals surface area contributed by atoms with Gasteiger partial charge in [-0.2, -0.15) is 0 Å². The van der Waals surface area contributed by atoms with E-state index in [1.54, 1.807) is 13.2 Å². The van der Waals surface area contributed by atoms with Gasteiger partial charge in [0.1, 0.15) is 5.75 Å². The molecule has 0 aliphatic carbocycles. The molecule has 0 bridgehead atoms. The molecule has 0 radical (unpaired) electrons. The molecule has 2 aromatic carbocycles. The van der Waals surface area contributed by atoms with E-state index in [0.717, 1.165) is 22.7 Å². The number of anilines is 2. The lowest BCUT2D eigenvalue weighted by atomic mass is 10.2. The molecule has 0 spiro atoms. The lowest BCUT2D eigenvalue weighted by molar-refractivity contribution is -0.115. The molecule has 0 aliphatic heterocycles. The Morgan fingerprint density at radius 1 is 1.18 bits per heavy atom. The maximum atomic E-state index is 11.9. The van der Waals surface area contributed by atoms with E-state index in [9.17, 15) is 4.79 Å². The molecule has 2 N–H and O–H groups in total. The number of carbonyl (C=O) groups excluding carboxylic acids is 1. The average molecular weight is 319 g/mol. The third-order valence-electron chi connectivity index (χ3n) is 3.23. The van der Waals surface area contributed by atoms with Crippen LogP contribution in [0.1, 0.15) is 12.0 Å². The summed E-state index contributed by atoms with van der Waals surface area (Å²) in [7, 11) is 1.63. The van der Waals surface area contributed by atoms with Crippen molar-refractivity contribution >= 4 is 28.9 Å². The zero-order valence-corrected chi connectivity index (χ0v) is 13.4. The van der Waals surface area contributed by atoms with E-state index >= 15 is 0 Å². The Balaban J connectivity index is 1.79. The first-order chi connectivity index (χ1) is 10.6. The predicted octanol–water partition coefficient (Wildman–Crippen LogP) is 4.10. The molecule has 116 valence electrons. The number of amides is 1. The van der Waals surface area contributed by atoms with E-state index in [4.69, 9.17) is 16.3 Å². The number of nitrogens with one attached hydrogen (secondary N) is 2. The van der Waals surface area contributed by atoms with E-state index in [1.165, 1.54) is 0 Å². The number of hydrogen-bond donors (Lipinski definition) is 2. The molecule has 0 unspecified atom stereocenters. The van der Waals surface area contributed by atoms with Gasteiger partial charge in [-0.3, -0.25) is 4.79 Å². The Bertz CT molecular complexity index is 642. The topological polar surface area (TPSA) is 50.4 Å². The normalized spacial score (nSPS) is 10.1. The third-order valence-corrected chi connectivity index (χ3v) is 3.47. The van der Waals surface area contributed by atoms with Crippen LogP contribution in [0.3, 0.4) is 0 Å². The Morgan fingerprint density at radius 2 is 1.91 bits per heavy atom. The van der Waals surface area contributed by atoms with Gasteiger partial charge in [0.05, 0.1) is 7.11 Å². The minimum absolute atomic E-state index is 0.0357. The SMILES string of the molecule is COc1ccc(NCCC(=O)Nc2ccc(Cl)cc2C)cc1. The molecule has 22 heavy (non-hydrogen) atoms. The predicted molar refractivity (Wildman–Crippen MR) is 90.9 cm³/mol. The van der Waals surface area contributed by atoms with Gasteiger partial charge in [-0.1, -0.05) is 11.6 Å². The first-order valence-electron chi connectivity index (χ1n) is 7.02. The Hall–Kier alpha value is -2.20. The third kappa shape index (κ3) is 4.67. The van der Waals surface area contributed by atoms with E-state index < -0.39 is 0 Å². The number of halogens is 1. The summed E-state index contributed by atoms with van der Waals surface area (Å²) in [6.07, 6.45) is 0.383. The van der Waals surface area contributed by atoms with Crippen LogP contribution in [-0.2, 0) is 4.79 Å². The molecular weight excluding hydrogens is 300 g/mol. The summed E-state index contributed by atoms with van der Waals surface area (Å²) in [5.74, 6) is 0.771. The van der Waals surface area contributed by atoms with Gasteiger partial charge in [0.25, 0.3) is 0 Å². The van der Waals surface area contributed by atoms with Gasteiger partial charge in [-0.25, -0.2) is 0 Å². The molecule has 0 saturated carbocycles. The van der Waals surface area contributed by atoms with Crippen molar-refractivity contribution in [2.75, 3.05) is 24.3 Å². The molecule has 0 aliphatic rings. The van der Waals surface area contributed by atoms with Crippen LogP contribution < -0.4 is 15.4 Å². The van der Waals surface area contributed by atoms with Crippen LogP contribution in [0.15, 0.2) is 42.5 Å². The summed E-state index contributed by atoms with van der Waals surface area (Å²) >= 11 is 5.89. The molecule has 5 heteroatoms. The highest BCUT2D eigenvalue weighted by atomic mass is 35.5. The first-order valence-corrected chi connectivity index (χ1v) is 7.40. The number of methoxy groups -OCH3 is 1. The van der Waals surface area contributed by atoms with Crippen LogP contribution in [0.5, 0.6) is 5.75 Å². The van der Waals surface area contributed by atoms with Crippen LogP contribution in [-0.4, -0.2) is 19.6 Å². The lowest BCUT2D eigenvalue weighted by Crippen LogP contribution is -2.16.